The number of fused-ring (bicyclic) bond motifs is 6. The number of rotatable bonds is 6. The van der Waals surface area contributed by atoms with Crippen molar-refractivity contribution in [2.75, 3.05) is 14.7 Å². The van der Waals surface area contributed by atoms with Crippen LogP contribution in [0.25, 0.3) is 34.2 Å². The lowest BCUT2D eigenvalue weighted by atomic mass is 10.1. The van der Waals surface area contributed by atoms with Crippen LogP contribution in [0.15, 0.2) is 248 Å². The van der Waals surface area contributed by atoms with Gasteiger partial charge in [0.1, 0.15) is 0 Å². The highest BCUT2D eigenvalue weighted by atomic mass is 32.2. The van der Waals surface area contributed by atoms with Gasteiger partial charge in [0.25, 0.3) is 0 Å². The van der Waals surface area contributed by atoms with Crippen LogP contribution in [-0.4, -0.2) is 15.0 Å². The summed E-state index contributed by atoms with van der Waals surface area (Å²) in [4.78, 5) is 30.3. The van der Waals surface area contributed by atoms with Crippen molar-refractivity contribution in [3.05, 3.63) is 218 Å². The van der Waals surface area contributed by atoms with Gasteiger partial charge in [0.2, 0.25) is 0 Å². The summed E-state index contributed by atoms with van der Waals surface area (Å²) >= 11 is 5.41. The molecule has 0 fully saturated rings. The van der Waals surface area contributed by atoms with Crippen LogP contribution in [-0.2, 0) is 0 Å². The Morgan fingerprint density at radius 2 is 0.470 bits per heavy atom. The van der Waals surface area contributed by atoms with Crippen molar-refractivity contribution in [1.82, 2.24) is 15.0 Å². The molecule has 0 saturated heterocycles. The van der Waals surface area contributed by atoms with Gasteiger partial charge in [0.15, 0.2) is 17.5 Å². The molecule has 0 saturated carbocycles. The van der Waals surface area contributed by atoms with Gasteiger partial charge in [-0.15, -0.1) is 0 Å². The SMILES string of the molecule is c1cc(-c2nc(-c3cccc(N4c5ccccc5Sc5ccccc54)c3)nc(-c3cccc(N4c5ccccc5Sc5ccccc54)c3)n2)cc(N2c3ccccc3Sc3ccccc32)c1. The van der Waals surface area contributed by atoms with E-state index in [9.17, 15) is 0 Å². The summed E-state index contributed by atoms with van der Waals surface area (Å²) in [5.41, 5.74) is 12.6. The summed E-state index contributed by atoms with van der Waals surface area (Å²) in [6.07, 6.45) is 0. The summed E-state index contributed by atoms with van der Waals surface area (Å²) in [6.45, 7) is 0. The Balaban J connectivity index is 0.976. The first-order valence-corrected chi connectivity index (χ1v) is 24.2. The van der Waals surface area contributed by atoms with Crippen LogP contribution in [0.5, 0.6) is 0 Å². The second-order valence-electron chi connectivity index (χ2n) is 16.1. The maximum Gasteiger partial charge on any atom is 0.164 e. The first kappa shape index (κ1) is 38.9. The minimum absolute atomic E-state index is 0.593. The summed E-state index contributed by atoms with van der Waals surface area (Å²) in [5, 5.41) is 0. The van der Waals surface area contributed by atoms with E-state index in [1.807, 2.05) is 0 Å². The molecule has 3 aliphatic rings. The lowest BCUT2D eigenvalue weighted by Gasteiger charge is -2.33. The van der Waals surface area contributed by atoms with Crippen LogP contribution < -0.4 is 14.7 Å². The second-order valence-corrected chi connectivity index (χ2v) is 19.3. The highest BCUT2D eigenvalue weighted by Gasteiger charge is 2.28. The molecule has 0 N–H and O–H groups in total. The standard InChI is InChI=1S/C57H36N6S3/c1-7-28-49-43(22-1)61(44-23-2-8-29-50(44)64-49)40-19-13-16-37(34-40)55-58-56(38-17-14-20-41(35-38)62-45-24-3-9-30-51(45)65-52-31-10-4-25-46(52)62)60-57(59-55)39-18-15-21-42(36-39)63-47-26-5-11-32-53(47)66-54-33-12-6-27-48(54)63/h1-36H. The zero-order valence-electron chi connectivity index (χ0n) is 35.2. The highest BCUT2D eigenvalue weighted by Crippen LogP contribution is 2.54. The van der Waals surface area contributed by atoms with E-state index < -0.39 is 0 Å². The van der Waals surface area contributed by atoms with E-state index in [2.05, 4.69) is 233 Å². The number of benzene rings is 9. The predicted molar refractivity (Wildman–Crippen MR) is 273 cm³/mol. The second kappa shape index (κ2) is 16.2. The molecule has 13 rings (SSSR count). The molecule has 66 heavy (non-hydrogen) atoms. The van der Waals surface area contributed by atoms with Crippen LogP contribution in [0.2, 0.25) is 0 Å². The van der Waals surface area contributed by atoms with Gasteiger partial charge in [-0.25, -0.2) is 15.0 Å². The molecule has 0 spiro atoms. The molecule has 0 unspecified atom stereocenters. The van der Waals surface area contributed by atoms with Gasteiger partial charge in [0, 0.05) is 63.1 Å². The number of hydrogen-bond donors (Lipinski definition) is 0. The first-order chi connectivity index (χ1) is 32.7. The van der Waals surface area contributed by atoms with E-state index in [1.165, 1.54) is 29.4 Å². The molecule has 0 amide bonds. The molecule has 0 radical (unpaired) electrons. The number of hydrogen-bond acceptors (Lipinski definition) is 9. The molecular formula is C57H36N6S3. The monoisotopic (exact) mass is 900 g/mol. The fraction of sp³-hybridized carbons (Fsp3) is 0. The number of aromatic nitrogens is 3. The average Bonchev–Trinajstić information content (AvgIpc) is 3.38. The molecule has 6 nitrogen and oxygen atoms in total. The van der Waals surface area contributed by atoms with Crippen molar-refractivity contribution >= 4 is 86.5 Å². The van der Waals surface area contributed by atoms with E-state index in [0.29, 0.717) is 17.5 Å². The van der Waals surface area contributed by atoms with Crippen molar-refractivity contribution in [2.24, 2.45) is 0 Å². The lowest BCUT2D eigenvalue weighted by Crippen LogP contribution is -2.15. The lowest BCUT2D eigenvalue weighted by molar-refractivity contribution is 1.07. The van der Waals surface area contributed by atoms with Crippen molar-refractivity contribution in [1.29, 1.82) is 0 Å². The Morgan fingerprint density at radius 3 is 0.712 bits per heavy atom. The first-order valence-electron chi connectivity index (χ1n) is 21.8. The number of anilines is 9. The molecule has 4 heterocycles. The molecule has 0 bridgehead atoms. The molecule has 0 aliphatic carbocycles. The van der Waals surface area contributed by atoms with Crippen molar-refractivity contribution in [3.63, 3.8) is 0 Å². The van der Waals surface area contributed by atoms with Crippen LogP contribution in [0.3, 0.4) is 0 Å². The van der Waals surface area contributed by atoms with Gasteiger partial charge in [-0.1, -0.05) is 144 Å². The predicted octanol–water partition coefficient (Wildman–Crippen LogP) is 16.7. The molecule has 10 aromatic rings. The highest BCUT2D eigenvalue weighted by molar-refractivity contribution is 8.00. The quantitative estimate of drug-likeness (QED) is 0.162. The Hall–Kier alpha value is -7.56. The smallest absolute Gasteiger partial charge is 0.164 e. The van der Waals surface area contributed by atoms with Crippen LogP contribution in [0, 0.1) is 0 Å². The zero-order chi connectivity index (χ0) is 43.6. The Labute approximate surface area is 395 Å². The van der Waals surface area contributed by atoms with Gasteiger partial charge < -0.3 is 14.7 Å². The van der Waals surface area contributed by atoms with E-state index in [-0.39, 0.29) is 0 Å². The maximum absolute atomic E-state index is 5.34. The molecule has 0 atom stereocenters. The molecular weight excluding hydrogens is 865 g/mol. The van der Waals surface area contributed by atoms with Crippen molar-refractivity contribution < 1.29 is 0 Å². The van der Waals surface area contributed by atoms with Gasteiger partial charge >= 0.3 is 0 Å². The summed E-state index contributed by atoms with van der Waals surface area (Å²) in [6, 6.07) is 77.4. The normalized spacial score (nSPS) is 13.2. The Kier molecular flexibility index (Phi) is 9.51. The largest absolute Gasteiger partial charge is 0.308 e. The fourth-order valence-corrected chi connectivity index (χ4v) is 12.2. The van der Waals surface area contributed by atoms with E-state index >= 15 is 0 Å². The minimum atomic E-state index is 0.593. The van der Waals surface area contributed by atoms with Gasteiger partial charge in [0.05, 0.1) is 34.1 Å². The molecule has 9 heteroatoms. The van der Waals surface area contributed by atoms with E-state index in [1.54, 1.807) is 35.3 Å². The summed E-state index contributed by atoms with van der Waals surface area (Å²) in [5.74, 6) is 1.78. The topological polar surface area (TPSA) is 48.4 Å². The van der Waals surface area contributed by atoms with Crippen LogP contribution >= 0.6 is 35.3 Å². The van der Waals surface area contributed by atoms with Gasteiger partial charge in [-0.2, -0.15) is 0 Å². The van der Waals surface area contributed by atoms with E-state index in [4.69, 9.17) is 15.0 Å². The number of nitrogens with zero attached hydrogens (tertiary/aromatic N) is 6. The van der Waals surface area contributed by atoms with Gasteiger partial charge in [-0.05, 0) is 109 Å². The zero-order valence-corrected chi connectivity index (χ0v) is 37.6. The summed E-state index contributed by atoms with van der Waals surface area (Å²) < 4.78 is 0. The Morgan fingerprint density at radius 1 is 0.242 bits per heavy atom. The maximum atomic E-state index is 5.34. The van der Waals surface area contributed by atoms with Crippen LogP contribution in [0.4, 0.5) is 51.2 Å². The molecule has 1 aromatic heterocycles. The fourth-order valence-electron chi connectivity index (χ4n) is 9.06. The molecule has 312 valence electrons. The van der Waals surface area contributed by atoms with Crippen LogP contribution in [0.1, 0.15) is 0 Å². The Bertz CT molecular complexity index is 3020. The third-order valence-corrected chi connectivity index (χ3v) is 15.4. The number of para-hydroxylation sites is 6. The third kappa shape index (κ3) is 6.74. The minimum Gasteiger partial charge on any atom is -0.308 e. The summed E-state index contributed by atoms with van der Waals surface area (Å²) in [7, 11) is 0. The third-order valence-electron chi connectivity index (χ3n) is 12.0. The molecule has 9 aromatic carbocycles. The van der Waals surface area contributed by atoms with Crippen molar-refractivity contribution in [3.8, 4) is 34.2 Å². The average molecular weight is 901 g/mol. The molecule has 3 aliphatic heterocycles. The van der Waals surface area contributed by atoms with Gasteiger partial charge in [-0.3, -0.25) is 0 Å². The van der Waals surface area contributed by atoms with E-state index in [0.717, 1.165) is 67.9 Å². The van der Waals surface area contributed by atoms with Crippen molar-refractivity contribution in [2.45, 2.75) is 29.4 Å².